The first-order valence-corrected chi connectivity index (χ1v) is 14.0. The maximum Gasteiger partial charge on any atom is 0.407 e. The van der Waals surface area contributed by atoms with Crippen molar-refractivity contribution in [2.75, 3.05) is 5.32 Å². The third kappa shape index (κ3) is 5.10. The zero-order chi connectivity index (χ0) is 28.4. The molecule has 10 nitrogen and oxygen atoms in total. The molecule has 2 aliphatic rings. The van der Waals surface area contributed by atoms with Gasteiger partial charge in [-0.1, -0.05) is 0 Å². The Kier molecular flexibility index (Phi) is 6.88. The normalized spacial score (nSPS) is 19.1. The number of benzene rings is 1. The van der Waals surface area contributed by atoms with Crippen molar-refractivity contribution < 1.29 is 13.9 Å². The van der Waals surface area contributed by atoms with Crippen molar-refractivity contribution in [3.63, 3.8) is 0 Å². The third-order valence-electron chi connectivity index (χ3n) is 7.17. The van der Waals surface area contributed by atoms with Crippen molar-refractivity contribution in [2.24, 2.45) is 7.05 Å². The molecule has 1 aromatic carbocycles. The van der Waals surface area contributed by atoms with E-state index in [-0.39, 0.29) is 46.1 Å². The van der Waals surface area contributed by atoms with Crippen LogP contribution in [0.3, 0.4) is 0 Å². The minimum atomic E-state index is -0.642. The molecule has 0 aliphatic heterocycles. The molecular formula is C27H31FIN5O5. The summed E-state index contributed by atoms with van der Waals surface area (Å²) in [5, 5.41) is 5.95. The van der Waals surface area contributed by atoms with E-state index in [1.807, 2.05) is 22.6 Å². The minimum Gasteiger partial charge on any atom is -0.444 e. The second kappa shape index (κ2) is 9.79. The molecule has 2 aliphatic carbocycles. The monoisotopic (exact) mass is 651 g/mol. The number of alkyl carbamates (subject to hydrolysis) is 1. The van der Waals surface area contributed by atoms with Gasteiger partial charge in [-0.25, -0.2) is 14.0 Å². The third-order valence-corrected chi connectivity index (χ3v) is 7.84. The van der Waals surface area contributed by atoms with E-state index in [1.54, 1.807) is 39.8 Å². The van der Waals surface area contributed by atoms with Crippen LogP contribution in [0.15, 0.2) is 32.6 Å². The molecule has 0 unspecified atom stereocenters. The predicted molar refractivity (Wildman–Crippen MR) is 155 cm³/mol. The van der Waals surface area contributed by atoms with Crippen LogP contribution in [0.1, 0.15) is 64.1 Å². The van der Waals surface area contributed by atoms with Crippen molar-refractivity contribution in [2.45, 2.75) is 77.1 Å². The SMILES string of the molecule is Cc1c(=O)n(C)c(Nc2ccc(I)cc2F)c2c(=O)n(C3CC3)c(=O)n(C3CC(NC(=O)OC(C)(C)C)C3)c12. The molecule has 2 fully saturated rings. The Morgan fingerprint density at radius 1 is 1.08 bits per heavy atom. The van der Waals surface area contributed by atoms with E-state index in [2.05, 4.69) is 10.6 Å². The van der Waals surface area contributed by atoms with Crippen LogP contribution in [0, 0.1) is 16.3 Å². The molecule has 5 rings (SSSR count). The Bertz CT molecular complexity index is 1680. The lowest BCUT2D eigenvalue weighted by Gasteiger charge is -2.38. The Hall–Kier alpha value is -3.16. The van der Waals surface area contributed by atoms with Gasteiger partial charge in [0.15, 0.2) is 0 Å². The molecule has 0 saturated heterocycles. The van der Waals surface area contributed by atoms with Gasteiger partial charge in [0.05, 0.1) is 11.2 Å². The van der Waals surface area contributed by atoms with Crippen LogP contribution in [0.4, 0.5) is 20.7 Å². The standard InChI is InChI=1S/C27H31FIN5O5/c1-13-21-20(22(32(5)23(13)35)31-19-9-6-14(29)10-18(19)28)24(36)34(16-7-8-16)26(38)33(21)17-11-15(12-17)30-25(37)39-27(2,3)4/h6,9-10,15-17,31H,7-8,11-12H2,1-5H3,(H,30,37). The van der Waals surface area contributed by atoms with E-state index in [9.17, 15) is 23.6 Å². The predicted octanol–water partition coefficient (Wildman–Crippen LogP) is 4.22. The van der Waals surface area contributed by atoms with Gasteiger partial charge in [0.25, 0.3) is 11.1 Å². The molecule has 0 radical (unpaired) electrons. The summed E-state index contributed by atoms with van der Waals surface area (Å²) in [6, 6.07) is 3.81. The molecule has 0 spiro atoms. The second-order valence-corrected chi connectivity index (χ2v) is 12.6. The van der Waals surface area contributed by atoms with Crippen molar-refractivity contribution in [1.82, 2.24) is 19.0 Å². The highest BCUT2D eigenvalue weighted by Crippen LogP contribution is 2.37. The van der Waals surface area contributed by atoms with Gasteiger partial charge >= 0.3 is 11.8 Å². The fourth-order valence-electron chi connectivity index (χ4n) is 5.09. The number of hydrogen-bond donors (Lipinski definition) is 2. The number of hydrogen-bond acceptors (Lipinski definition) is 6. The summed E-state index contributed by atoms with van der Waals surface area (Å²) in [4.78, 5) is 53.2. The van der Waals surface area contributed by atoms with Gasteiger partial charge in [0.1, 0.15) is 22.6 Å². The molecule has 3 aromatic rings. The Morgan fingerprint density at radius 3 is 2.33 bits per heavy atom. The van der Waals surface area contributed by atoms with E-state index in [0.717, 1.165) is 0 Å². The van der Waals surface area contributed by atoms with Crippen molar-refractivity contribution in [3.05, 3.63) is 64.3 Å². The van der Waals surface area contributed by atoms with Gasteiger partial charge in [-0.05, 0) is 94.2 Å². The summed E-state index contributed by atoms with van der Waals surface area (Å²) in [7, 11) is 1.52. The Balaban J connectivity index is 1.64. The number of nitrogens with one attached hydrogen (secondary N) is 2. The summed E-state index contributed by atoms with van der Waals surface area (Å²) in [6.07, 6.45) is 1.73. The van der Waals surface area contributed by atoms with E-state index >= 15 is 0 Å². The number of fused-ring (bicyclic) bond motifs is 1. The van der Waals surface area contributed by atoms with E-state index in [1.165, 1.54) is 26.8 Å². The fraction of sp³-hybridized carbons (Fsp3) is 0.481. The van der Waals surface area contributed by atoms with Crippen molar-refractivity contribution in [1.29, 1.82) is 0 Å². The number of aryl methyl sites for hydroxylation is 1. The molecule has 2 N–H and O–H groups in total. The maximum atomic E-state index is 14.8. The van der Waals surface area contributed by atoms with E-state index in [4.69, 9.17) is 4.74 Å². The Morgan fingerprint density at radius 2 is 1.74 bits per heavy atom. The van der Waals surface area contributed by atoms with Crippen LogP contribution in [-0.2, 0) is 11.8 Å². The fourth-order valence-corrected chi connectivity index (χ4v) is 5.55. The largest absolute Gasteiger partial charge is 0.444 e. The summed E-state index contributed by atoms with van der Waals surface area (Å²) in [5.41, 5.74) is -1.44. The number of aromatic nitrogens is 3. The molecule has 12 heteroatoms. The average Bonchev–Trinajstić information content (AvgIpc) is 3.63. The van der Waals surface area contributed by atoms with Gasteiger partial charge in [-0.3, -0.25) is 23.3 Å². The molecule has 1 amide bonds. The van der Waals surface area contributed by atoms with Crippen LogP contribution in [0.25, 0.3) is 10.9 Å². The number of nitrogens with zero attached hydrogens (tertiary/aromatic N) is 3. The zero-order valence-electron chi connectivity index (χ0n) is 22.4. The number of halogens is 2. The first-order valence-electron chi connectivity index (χ1n) is 12.9. The average molecular weight is 651 g/mol. The number of carbonyl (C=O) groups excluding carboxylic acids is 1. The number of rotatable bonds is 5. The van der Waals surface area contributed by atoms with Crippen LogP contribution in [0.2, 0.25) is 0 Å². The number of carbonyl (C=O) groups is 1. The second-order valence-electron chi connectivity index (χ2n) is 11.3. The van der Waals surface area contributed by atoms with Gasteiger partial charge in [0.2, 0.25) is 0 Å². The highest BCUT2D eigenvalue weighted by atomic mass is 127. The number of pyridine rings is 1. The van der Waals surface area contributed by atoms with Gasteiger partial charge in [-0.2, -0.15) is 0 Å². The number of amides is 1. The molecule has 208 valence electrons. The quantitative estimate of drug-likeness (QED) is 0.400. The summed E-state index contributed by atoms with van der Waals surface area (Å²) in [6.45, 7) is 6.92. The first-order chi connectivity index (χ1) is 18.3. The van der Waals surface area contributed by atoms with Gasteiger partial charge in [0, 0.05) is 34.3 Å². The molecule has 2 aromatic heterocycles. The minimum absolute atomic E-state index is 0.107. The topological polar surface area (TPSA) is 116 Å². The lowest BCUT2D eigenvalue weighted by atomic mass is 9.86. The summed E-state index contributed by atoms with van der Waals surface area (Å²) in [5.74, 6) is -0.412. The summed E-state index contributed by atoms with van der Waals surface area (Å²) >= 11 is 2.00. The molecule has 2 saturated carbocycles. The van der Waals surface area contributed by atoms with E-state index in [0.29, 0.717) is 29.3 Å². The first kappa shape index (κ1) is 27.4. The molecule has 39 heavy (non-hydrogen) atoms. The van der Waals surface area contributed by atoms with Gasteiger partial charge in [-0.15, -0.1) is 0 Å². The van der Waals surface area contributed by atoms with Crippen LogP contribution in [0.5, 0.6) is 0 Å². The zero-order valence-corrected chi connectivity index (χ0v) is 24.6. The highest BCUT2D eigenvalue weighted by molar-refractivity contribution is 14.1. The molecule has 0 bridgehead atoms. The van der Waals surface area contributed by atoms with Crippen molar-refractivity contribution in [3.8, 4) is 0 Å². The smallest absolute Gasteiger partial charge is 0.407 e. The molecule has 0 atom stereocenters. The number of ether oxygens (including phenoxy) is 1. The summed E-state index contributed by atoms with van der Waals surface area (Å²) < 4.78 is 24.9. The van der Waals surface area contributed by atoms with Gasteiger partial charge < -0.3 is 15.4 Å². The lowest BCUT2D eigenvalue weighted by Crippen LogP contribution is -2.51. The number of anilines is 2. The highest BCUT2D eigenvalue weighted by Gasteiger charge is 2.38. The van der Waals surface area contributed by atoms with Crippen LogP contribution >= 0.6 is 22.6 Å². The van der Waals surface area contributed by atoms with E-state index < -0.39 is 34.3 Å². The van der Waals surface area contributed by atoms with Crippen LogP contribution < -0.4 is 27.4 Å². The Labute approximate surface area is 237 Å². The molecular weight excluding hydrogens is 620 g/mol. The van der Waals surface area contributed by atoms with Crippen LogP contribution in [-0.4, -0.2) is 31.4 Å². The van der Waals surface area contributed by atoms with Crippen molar-refractivity contribution >= 4 is 51.1 Å². The molecule has 2 heterocycles. The lowest BCUT2D eigenvalue weighted by molar-refractivity contribution is 0.0456. The maximum absolute atomic E-state index is 14.8.